The summed E-state index contributed by atoms with van der Waals surface area (Å²) in [6.07, 6.45) is 15.4. The maximum Gasteiger partial charge on any atom is 0.261 e. The number of pyridine rings is 2. The highest BCUT2D eigenvalue weighted by molar-refractivity contribution is 6.50. The summed E-state index contributed by atoms with van der Waals surface area (Å²) in [5, 5.41) is 6.02. The fourth-order valence-electron chi connectivity index (χ4n) is 5.75. The molecule has 8 heterocycles. The Labute approximate surface area is 270 Å². The normalized spacial score (nSPS) is 14.5. The quantitative estimate of drug-likeness (QED) is 0.257. The Morgan fingerprint density at radius 3 is 1.50 bits per heavy atom. The highest BCUT2D eigenvalue weighted by Crippen LogP contribution is 2.36. The standard InChI is InChI=1S/C17H13N5O2.C16H10FN5O2/c1-2-22-9-11(10-4-3-5-20-15(10)22)13-14(17(24)21-16(13)23)12-8-18-6-7-19-12;17-8-22-7-10(9-2-1-3-20-14(9)22)12-13(16(24)21-15(12)23)11-6-18-4-5-19-11/h3-9H,2H2,1H3,(H,21,23,24);1-7H,8H2,(H,21,23,24)/i;17-1. The number of rotatable bonds is 6. The van der Waals surface area contributed by atoms with Gasteiger partial charge in [-0.1, -0.05) is 0 Å². The number of aromatic nitrogens is 8. The molecule has 0 radical (unpaired) electrons. The lowest BCUT2D eigenvalue weighted by Crippen LogP contribution is -2.22. The molecule has 8 rings (SSSR count). The minimum atomic E-state index is -0.795. The average molecular weight is 642 g/mol. The van der Waals surface area contributed by atoms with E-state index < -0.39 is 30.4 Å². The first-order valence-corrected chi connectivity index (χ1v) is 14.6. The van der Waals surface area contributed by atoms with E-state index in [1.807, 2.05) is 29.8 Å². The van der Waals surface area contributed by atoms with Crippen molar-refractivity contribution in [3.8, 4) is 0 Å². The van der Waals surface area contributed by atoms with Crippen LogP contribution >= 0.6 is 0 Å². The average Bonchev–Trinajstić information content (AvgIpc) is 3.84. The van der Waals surface area contributed by atoms with E-state index >= 15 is 0 Å². The smallest absolute Gasteiger partial charge is 0.261 e. The molecule has 0 saturated heterocycles. The highest BCUT2D eigenvalue weighted by Gasteiger charge is 2.36. The van der Waals surface area contributed by atoms with Crippen LogP contribution in [0.4, 0.5) is 4.39 Å². The van der Waals surface area contributed by atoms with E-state index in [1.54, 1.807) is 18.3 Å². The fraction of sp³-hybridized carbons (Fsp3) is 0.0909. The van der Waals surface area contributed by atoms with Crippen LogP contribution in [0.15, 0.2) is 86.2 Å². The van der Waals surface area contributed by atoms with Crippen LogP contribution in [0.5, 0.6) is 0 Å². The zero-order chi connectivity index (χ0) is 33.4. The molecular formula is C33H23FN10O4. The Balaban J connectivity index is 0.000000152. The second-order valence-electron chi connectivity index (χ2n) is 10.5. The number of alkyl halides is 1. The minimum Gasteiger partial charge on any atom is -0.332 e. The summed E-state index contributed by atoms with van der Waals surface area (Å²) in [6, 6.07) is 7.11. The molecule has 4 amide bonds. The number of carbonyl (C=O) groups excluding carboxylic acids is 4. The zero-order valence-electron chi connectivity index (χ0n) is 25.1. The number of imide groups is 2. The summed E-state index contributed by atoms with van der Waals surface area (Å²) in [4.78, 5) is 74.0. The summed E-state index contributed by atoms with van der Waals surface area (Å²) in [7, 11) is 0. The first-order chi connectivity index (χ1) is 23.4. The lowest BCUT2D eigenvalue weighted by molar-refractivity contribution is -0.124. The van der Waals surface area contributed by atoms with E-state index in [0.29, 0.717) is 40.0 Å². The topological polar surface area (TPSA) is 180 Å². The predicted molar refractivity (Wildman–Crippen MR) is 170 cm³/mol. The van der Waals surface area contributed by atoms with Crippen molar-refractivity contribution >= 4 is 68.0 Å². The van der Waals surface area contributed by atoms with Gasteiger partial charge in [-0.3, -0.25) is 49.7 Å². The Bertz CT molecular complexity index is 2180. The molecule has 15 heteroatoms. The molecule has 6 aromatic heterocycles. The van der Waals surface area contributed by atoms with Crippen LogP contribution in [0.1, 0.15) is 29.4 Å². The molecule has 0 spiro atoms. The number of hydrogen-bond donors (Lipinski definition) is 2. The molecule has 0 fully saturated rings. The maximum absolute atomic E-state index is 13.3. The van der Waals surface area contributed by atoms with Gasteiger partial charge in [0.2, 0.25) is 0 Å². The monoisotopic (exact) mass is 641 g/mol. The van der Waals surface area contributed by atoms with Crippen LogP contribution in [-0.2, 0) is 32.5 Å². The minimum absolute atomic E-state index is 0.120. The van der Waals surface area contributed by atoms with Crippen molar-refractivity contribution in [1.29, 1.82) is 0 Å². The second-order valence-corrected chi connectivity index (χ2v) is 10.5. The maximum atomic E-state index is 13.3. The molecule has 0 bridgehead atoms. The lowest BCUT2D eigenvalue weighted by Gasteiger charge is -2.02. The van der Waals surface area contributed by atoms with Crippen LogP contribution in [0, 0.1) is 0 Å². The van der Waals surface area contributed by atoms with E-state index in [1.165, 1.54) is 54.1 Å². The van der Waals surface area contributed by atoms with E-state index in [9.17, 15) is 23.6 Å². The van der Waals surface area contributed by atoms with Gasteiger partial charge in [-0.25, -0.2) is 14.4 Å². The third-order valence-electron chi connectivity index (χ3n) is 7.78. The predicted octanol–water partition coefficient (Wildman–Crippen LogP) is 2.73. The molecule has 6 aromatic rings. The van der Waals surface area contributed by atoms with Crippen molar-refractivity contribution in [2.24, 2.45) is 0 Å². The van der Waals surface area contributed by atoms with Crippen molar-refractivity contribution in [3.63, 3.8) is 0 Å². The van der Waals surface area contributed by atoms with Crippen molar-refractivity contribution in [2.45, 2.75) is 20.3 Å². The summed E-state index contributed by atoms with van der Waals surface area (Å²) in [5.74, 6) is -2.00. The van der Waals surface area contributed by atoms with Crippen LogP contribution in [0.25, 0.3) is 44.4 Å². The first-order valence-electron chi connectivity index (χ1n) is 14.6. The van der Waals surface area contributed by atoms with Gasteiger partial charge in [0, 0.05) is 78.0 Å². The SMILES string of the molecule is CCn1cc(C2=C(c3cnccn3)C(=O)NC2=O)c2cccnc21.O=C1NC(=O)C(c2cn(C[18F])c3ncccc23)=C1c1cnccn1. The van der Waals surface area contributed by atoms with Gasteiger partial charge in [-0.2, -0.15) is 0 Å². The number of nitrogens with zero attached hydrogens (tertiary/aromatic N) is 8. The van der Waals surface area contributed by atoms with Crippen molar-refractivity contribution in [1.82, 2.24) is 49.7 Å². The van der Waals surface area contributed by atoms with Gasteiger partial charge < -0.3 is 9.13 Å². The Kier molecular flexibility index (Phi) is 7.60. The van der Waals surface area contributed by atoms with E-state index in [2.05, 4.69) is 40.5 Å². The number of hydrogen-bond acceptors (Lipinski definition) is 10. The van der Waals surface area contributed by atoms with E-state index in [4.69, 9.17) is 0 Å². The molecule has 0 unspecified atom stereocenters. The molecule has 2 aliphatic heterocycles. The summed E-state index contributed by atoms with van der Waals surface area (Å²) >= 11 is 0. The molecule has 2 N–H and O–H groups in total. The molecule has 0 aliphatic carbocycles. The zero-order valence-corrected chi connectivity index (χ0v) is 25.1. The number of fused-ring (bicyclic) bond motifs is 2. The summed E-state index contributed by atoms with van der Waals surface area (Å²) in [6.45, 7) is 1.91. The Morgan fingerprint density at radius 2 is 1.06 bits per heavy atom. The number of aryl methyl sites for hydroxylation is 1. The van der Waals surface area contributed by atoms with Gasteiger partial charge in [0.05, 0.1) is 46.1 Å². The number of halogens is 1. The van der Waals surface area contributed by atoms with E-state index in [-0.39, 0.29) is 22.4 Å². The lowest BCUT2D eigenvalue weighted by atomic mass is 10.00. The summed E-state index contributed by atoms with van der Waals surface area (Å²) < 4.78 is 16.5. The fourth-order valence-corrected chi connectivity index (χ4v) is 5.75. The molecule has 14 nitrogen and oxygen atoms in total. The largest absolute Gasteiger partial charge is 0.332 e. The Morgan fingerprint density at radius 1 is 0.604 bits per heavy atom. The molecule has 0 saturated carbocycles. The van der Waals surface area contributed by atoms with Crippen LogP contribution in [0.2, 0.25) is 0 Å². The molecule has 0 atom stereocenters. The molecule has 0 aromatic carbocycles. The van der Waals surface area contributed by atoms with E-state index in [0.717, 1.165) is 11.0 Å². The number of carbonyl (C=O) groups is 4. The second kappa shape index (κ2) is 12.2. The third kappa shape index (κ3) is 4.99. The van der Waals surface area contributed by atoms with Crippen molar-refractivity contribution in [2.75, 3.05) is 0 Å². The van der Waals surface area contributed by atoms with Gasteiger partial charge in [-0.05, 0) is 31.2 Å². The molecule has 48 heavy (non-hydrogen) atoms. The van der Waals surface area contributed by atoms with Gasteiger partial charge in [0.25, 0.3) is 23.6 Å². The molecule has 2 aliphatic rings. The molecular weight excluding hydrogens is 618 g/mol. The van der Waals surface area contributed by atoms with Crippen LogP contribution in [-0.4, -0.2) is 62.7 Å². The van der Waals surface area contributed by atoms with Crippen LogP contribution < -0.4 is 10.6 Å². The van der Waals surface area contributed by atoms with Gasteiger partial charge >= 0.3 is 0 Å². The number of amides is 4. The first kappa shape index (κ1) is 29.9. The highest BCUT2D eigenvalue weighted by atomic mass is 18.2. The van der Waals surface area contributed by atoms with Gasteiger partial charge in [0.15, 0.2) is 6.80 Å². The van der Waals surface area contributed by atoms with Crippen molar-refractivity contribution < 1.29 is 23.6 Å². The third-order valence-corrected chi connectivity index (χ3v) is 7.78. The van der Waals surface area contributed by atoms with Crippen molar-refractivity contribution in [3.05, 3.63) is 109 Å². The number of nitrogens with one attached hydrogen (secondary N) is 2. The summed E-state index contributed by atoms with van der Waals surface area (Å²) in [5.41, 5.74) is 3.74. The Hall–Kier alpha value is -6.77. The van der Waals surface area contributed by atoms with Gasteiger partial charge in [0.1, 0.15) is 11.3 Å². The van der Waals surface area contributed by atoms with Gasteiger partial charge in [-0.15, -0.1) is 0 Å². The van der Waals surface area contributed by atoms with Crippen LogP contribution in [0.3, 0.4) is 0 Å². The molecule has 236 valence electrons.